The zero-order valence-electron chi connectivity index (χ0n) is 9.11. The van der Waals surface area contributed by atoms with Crippen molar-refractivity contribution < 1.29 is 14.8 Å². The second-order valence-corrected chi connectivity index (χ2v) is 3.44. The summed E-state index contributed by atoms with van der Waals surface area (Å²) in [5.74, 6) is 0.00830. The second kappa shape index (κ2) is 9.21. The second-order valence-electron chi connectivity index (χ2n) is 3.00. The molecule has 0 unspecified atom stereocenters. The first-order valence-electron chi connectivity index (χ1n) is 4.80. The molecule has 0 saturated heterocycles. The van der Waals surface area contributed by atoms with Gasteiger partial charge in [0.2, 0.25) is 5.91 Å². The zero-order valence-corrected chi connectivity index (χ0v) is 9.87. The molecule has 1 rings (SSSR count). The quantitative estimate of drug-likeness (QED) is 0.667. The molecule has 6 heteroatoms. The minimum Gasteiger partial charge on any atom is -0.430 e. The van der Waals surface area contributed by atoms with E-state index in [1.165, 1.54) is 12.5 Å². The molecule has 1 amide bonds. The number of rotatable bonds is 3. The third-order valence-corrected chi connectivity index (χ3v) is 1.95. The lowest BCUT2D eigenvalue weighted by molar-refractivity contribution is -0.118. The van der Waals surface area contributed by atoms with E-state index in [9.17, 15) is 4.79 Å². The molecular weight excluding hydrogens is 228 g/mol. The summed E-state index contributed by atoms with van der Waals surface area (Å²) < 4.78 is 0. The van der Waals surface area contributed by atoms with Gasteiger partial charge in [0, 0.05) is 18.5 Å². The predicted octanol–water partition coefficient (Wildman–Crippen LogP) is 0.256. The Balaban J connectivity index is 0.000000673. The van der Waals surface area contributed by atoms with Gasteiger partial charge in [-0.15, -0.1) is 0 Å². The molecule has 0 aromatic heterocycles. The van der Waals surface area contributed by atoms with Crippen molar-refractivity contribution in [3.63, 3.8) is 0 Å². The highest BCUT2D eigenvalue weighted by Crippen LogP contribution is 2.09. The number of nitrogens with one attached hydrogen (secondary N) is 1. The SMILES string of the molecule is CC(=O)NCCc1ccc(Cl)cc1.OBO. The smallest absolute Gasteiger partial charge is 0.430 e. The van der Waals surface area contributed by atoms with Crippen LogP contribution in [0.5, 0.6) is 0 Å². The largest absolute Gasteiger partial charge is 0.432 e. The van der Waals surface area contributed by atoms with Gasteiger partial charge < -0.3 is 15.4 Å². The lowest BCUT2D eigenvalue weighted by Crippen LogP contribution is -2.22. The summed E-state index contributed by atoms with van der Waals surface area (Å²) in [4.78, 5) is 10.6. The molecule has 1 aromatic rings. The van der Waals surface area contributed by atoms with Crippen molar-refractivity contribution in [1.29, 1.82) is 0 Å². The summed E-state index contributed by atoms with van der Waals surface area (Å²) in [5, 5.41) is 17.7. The fourth-order valence-electron chi connectivity index (χ4n) is 1.03. The van der Waals surface area contributed by atoms with Gasteiger partial charge in [0.1, 0.15) is 0 Å². The number of hydrogen-bond donors (Lipinski definition) is 3. The molecule has 0 heterocycles. The summed E-state index contributed by atoms with van der Waals surface area (Å²) in [7, 11) is -0.750. The predicted molar refractivity (Wildman–Crippen MR) is 65.4 cm³/mol. The molecule has 4 nitrogen and oxygen atoms in total. The summed E-state index contributed by atoms with van der Waals surface area (Å²) in [5.41, 5.74) is 1.18. The molecular formula is C10H15BClNO3. The fraction of sp³-hybridized carbons (Fsp3) is 0.300. The number of carbonyl (C=O) groups is 1. The van der Waals surface area contributed by atoms with Crippen molar-refractivity contribution in [2.24, 2.45) is 0 Å². The Kier molecular flexibility index (Phi) is 8.61. The molecule has 0 radical (unpaired) electrons. The third kappa shape index (κ3) is 8.29. The summed E-state index contributed by atoms with van der Waals surface area (Å²) >= 11 is 5.73. The fourth-order valence-corrected chi connectivity index (χ4v) is 1.16. The van der Waals surface area contributed by atoms with Crippen LogP contribution < -0.4 is 5.32 Å². The van der Waals surface area contributed by atoms with Crippen molar-refractivity contribution in [2.45, 2.75) is 13.3 Å². The maximum atomic E-state index is 10.6. The zero-order chi connectivity index (χ0) is 12.4. The molecule has 0 fully saturated rings. The normalized spacial score (nSPS) is 8.75. The average molecular weight is 243 g/mol. The Hall–Kier alpha value is -1.04. The Bertz CT molecular complexity index is 305. The highest BCUT2D eigenvalue weighted by Gasteiger charge is 1.94. The van der Waals surface area contributed by atoms with E-state index in [2.05, 4.69) is 5.32 Å². The van der Waals surface area contributed by atoms with Gasteiger partial charge in [-0.3, -0.25) is 4.79 Å². The van der Waals surface area contributed by atoms with Crippen LogP contribution in [0.3, 0.4) is 0 Å². The van der Waals surface area contributed by atoms with Crippen LogP contribution in [0, 0.1) is 0 Å². The van der Waals surface area contributed by atoms with Crippen LogP contribution in [-0.2, 0) is 11.2 Å². The van der Waals surface area contributed by atoms with Gasteiger partial charge >= 0.3 is 7.69 Å². The van der Waals surface area contributed by atoms with Crippen LogP contribution in [0.15, 0.2) is 24.3 Å². The van der Waals surface area contributed by atoms with E-state index in [0.29, 0.717) is 6.54 Å². The third-order valence-electron chi connectivity index (χ3n) is 1.70. The van der Waals surface area contributed by atoms with Crippen molar-refractivity contribution >= 4 is 25.2 Å². The molecule has 1 aromatic carbocycles. The maximum Gasteiger partial charge on any atom is 0.432 e. The van der Waals surface area contributed by atoms with Crippen LogP contribution >= 0.6 is 11.6 Å². The topological polar surface area (TPSA) is 69.6 Å². The molecule has 0 saturated carbocycles. The number of amides is 1. The van der Waals surface area contributed by atoms with E-state index in [4.69, 9.17) is 21.6 Å². The van der Waals surface area contributed by atoms with E-state index < -0.39 is 7.69 Å². The maximum absolute atomic E-state index is 10.6. The summed E-state index contributed by atoms with van der Waals surface area (Å²) in [6, 6.07) is 7.63. The van der Waals surface area contributed by atoms with Crippen LogP contribution in [0.25, 0.3) is 0 Å². The minimum atomic E-state index is -0.750. The van der Waals surface area contributed by atoms with Gasteiger partial charge in [0.05, 0.1) is 0 Å². The Labute approximate surface area is 101 Å². The lowest BCUT2D eigenvalue weighted by atomic mass is 10.1. The number of benzene rings is 1. The van der Waals surface area contributed by atoms with Gasteiger partial charge in [0.25, 0.3) is 0 Å². The first-order chi connectivity index (χ1) is 7.60. The Morgan fingerprint density at radius 1 is 1.38 bits per heavy atom. The van der Waals surface area contributed by atoms with E-state index in [1.807, 2.05) is 24.3 Å². The standard InChI is InChI=1S/C10H12ClNO.BH3O2/c1-8(13)12-7-6-9-2-4-10(11)5-3-9;2-1-3/h2-5H,6-7H2,1H3,(H,12,13);1-3H. The molecule has 3 N–H and O–H groups in total. The molecule has 0 aliphatic carbocycles. The van der Waals surface area contributed by atoms with Crippen LogP contribution in [0.1, 0.15) is 12.5 Å². The van der Waals surface area contributed by atoms with Gasteiger partial charge in [0.15, 0.2) is 0 Å². The number of halogens is 1. The molecule has 0 aliphatic rings. The molecule has 0 bridgehead atoms. The Morgan fingerprint density at radius 2 is 1.88 bits per heavy atom. The summed E-state index contributed by atoms with van der Waals surface area (Å²) in [6.07, 6.45) is 0.844. The first kappa shape index (κ1) is 15.0. The van der Waals surface area contributed by atoms with Gasteiger partial charge in [-0.2, -0.15) is 0 Å². The monoisotopic (exact) mass is 243 g/mol. The van der Waals surface area contributed by atoms with Crippen LogP contribution in [0.2, 0.25) is 5.02 Å². The van der Waals surface area contributed by atoms with Crippen molar-refractivity contribution in [3.05, 3.63) is 34.9 Å². The molecule has 0 spiro atoms. The van der Waals surface area contributed by atoms with E-state index >= 15 is 0 Å². The molecule has 16 heavy (non-hydrogen) atoms. The van der Waals surface area contributed by atoms with E-state index in [-0.39, 0.29) is 5.91 Å². The van der Waals surface area contributed by atoms with E-state index in [1.54, 1.807) is 0 Å². The van der Waals surface area contributed by atoms with Crippen LogP contribution in [-0.4, -0.2) is 30.2 Å². The van der Waals surface area contributed by atoms with Crippen molar-refractivity contribution in [3.8, 4) is 0 Å². The number of carbonyl (C=O) groups excluding carboxylic acids is 1. The Morgan fingerprint density at radius 3 is 2.31 bits per heavy atom. The van der Waals surface area contributed by atoms with Crippen LogP contribution in [0.4, 0.5) is 0 Å². The van der Waals surface area contributed by atoms with Crippen molar-refractivity contribution in [1.82, 2.24) is 5.32 Å². The molecule has 88 valence electrons. The highest BCUT2D eigenvalue weighted by atomic mass is 35.5. The average Bonchev–Trinajstić information content (AvgIpc) is 2.22. The van der Waals surface area contributed by atoms with Gasteiger partial charge in [-0.05, 0) is 24.1 Å². The van der Waals surface area contributed by atoms with Gasteiger partial charge in [-0.25, -0.2) is 0 Å². The minimum absolute atomic E-state index is 0.00830. The highest BCUT2D eigenvalue weighted by molar-refractivity contribution is 6.30. The molecule has 0 atom stereocenters. The summed E-state index contributed by atoms with van der Waals surface area (Å²) in [6.45, 7) is 2.19. The first-order valence-corrected chi connectivity index (χ1v) is 5.18. The van der Waals surface area contributed by atoms with E-state index in [0.717, 1.165) is 11.4 Å². The lowest BCUT2D eigenvalue weighted by Gasteiger charge is -2.01. The van der Waals surface area contributed by atoms with Crippen molar-refractivity contribution in [2.75, 3.05) is 6.54 Å². The number of hydrogen-bond acceptors (Lipinski definition) is 3. The van der Waals surface area contributed by atoms with Gasteiger partial charge in [-0.1, -0.05) is 23.7 Å². The molecule has 0 aliphatic heterocycles.